The minimum Gasteiger partial charge on any atom is -0.342 e. The molecule has 2 aliphatic rings. The molecule has 11 heteroatoms. The van der Waals surface area contributed by atoms with Crippen molar-refractivity contribution in [2.75, 3.05) is 0 Å². The van der Waals surface area contributed by atoms with Crippen molar-refractivity contribution in [3.63, 3.8) is 0 Å². The zero-order chi connectivity index (χ0) is 30.2. The number of rotatable bonds is 8. The molecule has 2 fully saturated rings. The molecule has 2 aliphatic heterocycles. The normalized spacial score (nSPS) is 23.4. The van der Waals surface area contributed by atoms with Crippen LogP contribution in [0.25, 0.3) is 0 Å². The smallest absolute Gasteiger partial charge is 0.342 e. The lowest BCUT2D eigenvalue weighted by molar-refractivity contribution is -0.644. The molecular formula is C31H34N4O7. The lowest BCUT2D eigenvalue weighted by Crippen LogP contribution is -2.54. The van der Waals surface area contributed by atoms with Crippen LogP contribution in [-0.2, 0) is 28.9 Å². The third kappa shape index (κ3) is 6.12. The van der Waals surface area contributed by atoms with E-state index in [1.807, 2.05) is 62.4 Å². The number of hydrogen-bond acceptors (Lipinski definition) is 7. The van der Waals surface area contributed by atoms with Gasteiger partial charge >= 0.3 is 6.03 Å². The van der Waals surface area contributed by atoms with Gasteiger partial charge < -0.3 is 14.4 Å². The molecule has 0 unspecified atom stereocenters. The van der Waals surface area contributed by atoms with Crippen LogP contribution in [0.1, 0.15) is 41.7 Å². The van der Waals surface area contributed by atoms with Crippen LogP contribution in [0.3, 0.4) is 0 Å². The van der Waals surface area contributed by atoms with E-state index < -0.39 is 46.1 Å². The standard InChI is InChI=1S/C31H34N4O7/c1-20-8-12-22(13-9-20)17-26-28-29(42-31(3,4)41-28)27(18-23-14-10-21(2)11-15-23)33(35(39)40)30(36)32(26)19-24-6-5-7-25(16-24)34(37)38/h5-16,26-29H,17-19H2,1-4H3/t26-,27-,28+,29+/m1/s1. The lowest BCUT2D eigenvalue weighted by atomic mass is 9.91. The minimum atomic E-state index is -1.06. The summed E-state index contributed by atoms with van der Waals surface area (Å²) in [5.74, 6) is -1.06. The van der Waals surface area contributed by atoms with E-state index in [4.69, 9.17) is 9.47 Å². The summed E-state index contributed by atoms with van der Waals surface area (Å²) in [6, 6.07) is 19.0. The van der Waals surface area contributed by atoms with Crippen LogP contribution in [-0.4, -0.2) is 56.0 Å². The first-order chi connectivity index (χ1) is 19.9. The number of carbonyl (C=O) groups is 1. The maximum Gasteiger partial charge on any atom is 0.378 e. The predicted octanol–water partition coefficient (Wildman–Crippen LogP) is 5.38. The molecule has 0 bridgehead atoms. The number of amides is 2. The van der Waals surface area contributed by atoms with Crippen LogP contribution >= 0.6 is 0 Å². The Morgan fingerprint density at radius 2 is 1.31 bits per heavy atom. The molecule has 0 aromatic heterocycles. The summed E-state index contributed by atoms with van der Waals surface area (Å²) in [5, 5.41) is 24.1. The number of nitro groups is 2. The fourth-order valence-corrected chi connectivity index (χ4v) is 5.85. The second-order valence-corrected chi connectivity index (χ2v) is 11.5. The van der Waals surface area contributed by atoms with Crippen LogP contribution in [0.4, 0.5) is 10.5 Å². The largest absolute Gasteiger partial charge is 0.378 e. The summed E-state index contributed by atoms with van der Waals surface area (Å²) in [4.78, 5) is 39.3. The quantitative estimate of drug-likeness (QED) is 0.261. The van der Waals surface area contributed by atoms with Crippen LogP contribution in [0.2, 0.25) is 0 Å². The van der Waals surface area contributed by atoms with Gasteiger partial charge in [0, 0.05) is 25.1 Å². The number of benzene rings is 3. The first kappa shape index (κ1) is 29.2. The molecule has 0 spiro atoms. The molecule has 3 aromatic rings. The second-order valence-electron chi connectivity index (χ2n) is 11.5. The molecule has 2 saturated heterocycles. The summed E-state index contributed by atoms with van der Waals surface area (Å²) in [5.41, 5.74) is 4.19. The van der Waals surface area contributed by atoms with E-state index in [9.17, 15) is 25.0 Å². The van der Waals surface area contributed by atoms with Crippen molar-refractivity contribution in [2.24, 2.45) is 0 Å². The molecule has 11 nitrogen and oxygen atoms in total. The number of carbonyl (C=O) groups excluding carboxylic acids is 1. The molecule has 2 amide bonds. The number of hydrazine groups is 1. The summed E-state index contributed by atoms with van der Waals surface area (Å²) < 4.78 is 12.8. The average molecular weight is 575 g/mol. The van der Waals surface area contributed by atoms with Crippen molar-refractivity contribution in [3.8, 4) is 0 Å². The van der Waals surface area contributed by atoms with Crippen molar-refractivity contribution in [1.82, 2.24) is 9.91 Å². The molecule has 0 radical (unpaired) electrons. The highest BCUT2D eigenvalue weighted by Gasteiger charge is 2.58. The molecule has 3 aromatic carbocycles. The van der Waals surface area contributed by atoms with E-state index in [0.717, 1.165) is 22.3 Å². The van der Waals surface area contributed by atoms with Crippen molar-refractivity contribution in [1.29, 1.82) is 0 Å². The highest BCUT2D eigenvalue weighted by molar-refractivity contribution is 5.75. The Morgan fingerprint density at radius 3 is 1.83 bits per heavy atom. The Labute approximate surface area is 243 Å². The van der Waals surface area contributed by atoms with Crippen LogP contribution in [0, 0.1) is 34.1 Å². The van der Waals surface area contributed by atoms with Gasteiger partial charge in [-0.25, -0.2) is 14.9 Å². The fourth-order valence-electron chi connectivity index (χ4n) is 5.85. The van der Waals surface area contributed by atoms with Gasteiger partial charge in [-0.2, -0.15) is 0 Å². The lowest BCUT2D eigenvalue weighted by Gasteiger charge is -2.34. The van der Waals surface area contributed by atoms with Crippen molar-refractivity contribution in [3.05, 3.63) is 121 Å². The molecule has 0 saturated carbocycles. The zero-order valence-corrected chi connectivity index (χ0v) is 24.0. The number of hydrogen-bond donors (Lipinski definition) is 0. The Kier molecular flexibility index (Phi) is 7.98. The number of non-ortho nitro benzene ring substituents is 1. The van der Waals surface area contributed by atoms with Gasteiger partial charge in [-0.3, -0.25) is 10.1 Å². The van der Waals surface area contributed by atoms with Crippen molar-refractivity contribution in [2.45, 2.75) is 77.2 Å². The van der Waals surface area contributed by atoms with E-state index >= 15 is 0 Å². The number of fused-ring (bicyclic) bond motifs is 1. The molecule has 4 atom stereocenters. The fraction of sp³-hybridized carbons (Fsp3) is 0.387. The van der Waals surface area contributed by atoms with Crippen LogP contribution in [0.5, 0.6) is 0 Å². The second kappa shape index (κ2) is 11.5. The predicted molar refractivity (Wildman–Crippen MR) is 154 cm³/mol. The highest BCUT2D eigenvalue weighted by atomic mass is 16.8. The van der Waals surface area contributed by atoms with Gasteiger partial charge in [-0.15, -0.1) is 0 Å². The molecule has 0 aliphatic carbocycles. The highest BCUT2D eigenvalue weighted by Crippen LogP contribution is 2.40. The first-order valence-corrected chi connectivity index (χ1v) is 13.9. The molecular weight excluding hydrogens is 540 g/mol. The van der Waals surface area contributed by atoms with E-state index in [-0.39, 0.29) is 18.7 Å². The Bertz CT molecular complexity index is 1480. The average Bonchev–Trinajstić information content (AvgIpc) is 3.23. The molecule has 42 heavy (non-hydrogen) atoms. The first-order valence-electron chi connectivity index (χ1n) is 13.9. The number of nitro benzene ring substituents is 1. The Balaban J connectivity index is 1.63. The van der Waals surface area contributed by atoms with E-state index in [2.05, 4.69) is 0 Å². The number of aryl methyl sites for hydroxylation is 2. The molecule has 0 N–H and O–H groups in total. The Hall–Kier alpha value is -4.35. The van der Waals surface area contributed by atoms with E-state index in [1.165, 1.54) is 23.1 Å². The van der Waals surface area contributed by atoms with Crippen molar-refractivity contribution >= 4 is 11.7 Å². The van der Waals surface area contributed by atoms with Gasteiger partial charge in [0.2, 0.25) is 0 Å². The van der Waals surface area contributed by atoms with Crippen LogP contribution < -0.4 is 0 Å². The number of urea groups is 1. The van der Waals surface area contributed by atoms with Gasteiger partial charge in [0.25, 0.3) is 5.69 Å². The van der Waals surface area contributed by atoms with Crippen LogP contribution in [0.15, 0.2) is 72.8 Å². The van der Waals surface area contributed by atoms with Gasteiger partial charge in [0.1, 0.15) is 18.2 Å². The number of nitrogens with zero attached hydrogens (tertiary/aromatic N) is 4. The van der Waals surface area contributed by atoms with E-state index in [0.29, 0.717) is 17.0 Å². The summed E-state index contributed by atoms with van der Waals surface area (Å²) >= 11 is 0. The molecule has 5 rings (SSSR count). The maximum atomic E-state index is 14.3. The minimum absolute atomic E-state index is 0.0916. The topological polar surface area (TPSA) is 128 Å². The summed E-state index contributed by atoms with van der Waals surface area (Å²) in [6.07, 6.45) is -1.02. The summed E-state index contributed by atoms with van der Waals surface area (Å²) in [6.45, 7) is 7.36. The number of ether oxygens (including phenoxy) is 2. The molecule has 220 valence electrons. The monoisotopic (exact) mass is 574 g/mol. The zero-order valence-electron chi connectivity index (χ0n) is 24.0. The van der Waals surface area contributed by atoms with Gasteiger partial charge in [-0.1, -0.05) is 71.8 Å². The summed E-state index contributed by atoms with van der Waals surface area (Å²) in [7, 11) is 0. The SMILES string of the molecule is Cc1ccc(C[C@@H]2[C@@H]3OC(C)(C)O[C@H]3[C@@H](Cc3ccc(C)cc3)N([N+](=O)[O-])C(=O)N2Cc2cccc([N+](=O)[O-])c2)cc1. The van der Waals surface area contributed by atoms with Crippen molar-refractivity contribution < 1.29 is 24.2 Å². The third-order valence-electron chi connectivity index (χ3n) is 7.86. The molecule has 2 heterocycles. The maximum absolute atomic E-state index is 14.3. The Morgan fingerprint density at radius 1 is 0.786 bits per heavy atom. The van der Waals surface area contributed by atoms with Gasteiger partial charge in [0.15, 0.2) is 10.8 Å². The van der Waals surface area contributed by atoms with E-state index in [1.54, 1.807) is 19.9 Å². The third-order valence-corrected chi connectivity index (χ3v) is 7.86. The van der Waals surface area contributed by atoms with Gasteiger partial charge in [-0.05, 0) is 55.8 Å². The van der Waals surface area contributed by atoms with Gasteiger partial charge in [0.05, 0.1) is 11.0 Å².